The molecule has 3 aromatic carbocycles. The summed E-state index contributed by atoms with van der Waals surface area (Å²) in [6.07, 6.45) is 1.30. The maximum atomic E-state index is 13.0. The van der Waals surface area contributed by atoms with Crippen LogP contribution in [0.1, 0.15) is 34.0 Å². The third-order valence-electron chi connectivity index (χ3n) is 5.18. The first-order valence-electron chi connectivity index (χ1n) is 10.7. The first-order valence-corrected chi connectivity index (χ1v) is 10.7. The zero-order valence-corrected chi connectivity index (χ0v) is 19.8. The molecule has 0 fully saturated rings. The van der Waals surface area contributed by atoms with Gasteiger partial charge in [-0.3, -0.25) is 19.7 Å². The summed E-state index contributed by atoms with van der Waals surface area (Å²) in [6, 6.07) is 17.3. The molecule has 0 aromatic heterocycles. The van der Waals surface area contributed by atoms with Crippen LogP contribution in [-0.4, -0.2) is 34.7 Å². The van der Waals surface area contributed by atoms with Gasteiger partial charge in [0.2, 0.25) is 0 Å². The number of rotatable bonds is 8. The van der Waals surface area contributed by atoms with Gasteiger partial charge in [0.15, 0.2) is 5.75 Å². The lowest BCUT2D eigenvalue weighted by Gasteiger charge is -2.10. The molecule has 0 unspecified atom stereocenters. The molecule has 0 heterocycles. The molecule has 0 aliphatic heterocycles. The number of nitrogens with zero attached hydrogens (tertiary/aromatic N) is 2. The Morgan fingerprint density at radius 2 is 1.78 bits per heavy atom. The minimum atomic E-state index is -0.743. The van der Waals surface area contributed by atoms with Crippen LogP contribution in [0.5, 0.6) is 11.5 Å². The summed E-state index contributed by atoms with van der Waals surface area (Å²) in [4.78, 5) is 36.5. The van der Waals surface area contributed by atoms with Crippen LogP contribution in [0.4, 0.5) is 5.69 Å². The van der Waals surface area contributed by atoms with Crippen molar-refractivity contribution in [3.8, 4) is 11.5 Å². The number of amides is 2. The lowest BCUT2D eigenvalue weighted by Crippen LogP contribution is -2.33. The molecule has 3 rings (SSSR count). The van der Waals surface area contributed by atoms with Crippen molar-refractivity contribution >= 4 is 29.3 Å². The number of hydrazone groups is 1. The molecule has 3 N–H and O–H groups in total. The topological polar surface area (TPSA) is 143 Å². The van der Waals surface area contributed by atoms with E-state index in [9.17, 15) is 24.8 Å². The number of aromatic hydroxyl groups is 1. The Bertz CT molecular complexity index is 1370. The summed E-state index contributed by atoms with van der Waals surface area (Å²) in [6.45, 7) is 3.41. The molecular formula is C26H24N4O6. The number of nitro groups is 1. The third kappa shape index (κ3) is 6.32. The molecule has 0 saturated carbocycles. The number of carbonyl (C=O) groups excluding carboxylic acids is 2. The number of nitrogens with one attached hydrogen (secondary N) is 2. The van der Waals surface area contributed by atoms with E-state index in [1.165, 1.54) is 37.5 Å². The number of methoxy groups -OCH3 is 1. The number of hydrogen-bond donors (Lipinski definition) is 3. The maximum Gasteiger partial charge on any atom is 0.311 e. The summed E-state index contributed by atoms with van der Waals surface area (Å²) in [7, 11) is 1.31. The predicted octanol–water partition coefficient (Wildman–Crippen LogP) is 3.93. The minimum Gasteiger partial charge on any atom is -0.508 e. The number of aryl methyl sites for hydroxylation is 1. The average molecular weight is 489 g/mol. The molecule has 36 heavy (non-hydrogen) atoms. The molecule has 0 spiro atoms. The summed E-state index contributed by atoms with van der Waals surface area (Å²) >= 11 is 0. The van der Waals surface area contributed by atoms with Crippen molar-refractivity contribution in [2.24, 2.45) is 5.10 Å². The van der Waals surface area contributed by atoms with Crippen molar-refractivity contribution in [1.29, 1.82) is 0 Å². The number of nitro benzene ring substituents is 1. The van der Waals surface area contributed by atoms with Crippen LogP contribution < -0.4 is 15.5 Å². The minimum absolute atomic E-state index is 0.0564. The van der Waals surface area contributed by atoms with Crippen LogP contribution >= 0.6 is 0 Å². The molecule has 0 bridgehead atoms. The maximum absolute atomic E-state index is 13.0. The Morgan fingerprint density at radius 3 is 2.42 bits per heavy atom. The van der Waals surface area contributed by atoms with Gasteiger partial charge in [-0.15, -0.1) is 0 Å². The van der Waals surface area contributed by atoms with Crippen molar-refractivity contribution in [3.05, 3.63) is 105 Å². The van der Waals surface area contributed by atoms with Gasteiger partial charge in [-0.2, -0.15) is 5.10 Å². The van der Waals surface area contributed by atoms with Crippen molar-refractivity contribution in [2.45, 2.75) is 13.8 Å². The van der Waals surface area contributed by atoms with Crippen LogP contribution in [0.25, 0.3) is 6.08 Å². The number of benzene rings is 3. The molecule has 0 saturated heterocycles. The summed E-state index contributed by atoms with van der Waals surface area (Å²) < 4.78 is 5.01. The molecule has 184 valence electrons. The van der Waals surface area contributed by atoms with Crippen LogP contribution in [-0.2, 0) is 4.79 Å². The summed E-state index contributed by atoms with van der Waals surface area (Å²) in [5.41, 5.74) is 4.31. The van der Waals surface area contributed by atoms with E-state index in [0.29, 0.717) is 22.4 Å². The van der Waals surface area contributed by atoms with Crippen molar-refractivity contribution in [1.82, 2.24) is 10.7 Å². The van der Waals surface area contributed by atoms with Gasteiger partial charge >= 0.3 is 5.69 Å². The van der Waals surface area contributed by atoms with Gasteiger partial charge in [-0.25, -0.2) is 5.43 Å². The van der Waals surface area contributed by atoms with E-state index in [4.69, 9.17) is 4.74 Å². The van der Waals surface area contributed by atoms with E-state index < -0.39 is 16.7 Å². The van der Waals surface area contributed by atoms with Gasteiger partial charge < -0.3 is 15.2 Å². The standard InChI is InChI=1S/C26H24N4O6/c1-16-13-20(10-11-23(16)31)17(2)28-29-26(33)21(27-25(32)19-7-5-4-6-8-19)14-18-9-12-24(36-3)22(15-18)30(34)35/h4-15,31H,1-3H3,(H,27,32)(H,29,33)/b21-14-,28-17-. The number of carbonyl (C=O) groups is 2. The highest BCUT2D eigenvalue weighted by atomic mass is 16.6. The molecule has 0 radical (unpaired) electrons. The fourth-order valence-corrected chi connectivity index (χ4v) is 3.19. The van der Waals surface area contributed by atoms with Crippen LogP contribution in [0, 0.1) is 17.0 Å². The van der Waals surface area contributed by atoms with Gasteiger partial charge in [-0.05, 0) is 73.0 Å². The number of ether oxygens (including phenoxy) is 1. The zero-order chi connectivity index (χ0) is 26.2. The zero-order valence-electron chi connectivity index (χ0n) is 19.8. The van der Waals surface area contributed by atoms with Crippen LogP contribution in [0.15, 0.2) is 77.5 Å². The smallest absolute Gasteiger partial charge is 0.311 e. The molecule has 0 atom stereocenters. The van der Waals surface area contributed by atoms with E-state index in [1.54, 1.807) is 56.3 Å². The summed E-state index contributed by atoms with van der Waals surface area (Å²) in [5, 5.41) is 27.8. The Balaban J connectivity index is 1.94. The molecule has 10 nitrogen and oxygen atoms in total. The van der Waals surface area contributed by atoms with Gasteiger partial charge in [-0.1, -0.05) is 24.3 Å². The fourth-order valence-electron chi connectivity index (χ4n) is 3.19. The molecule has 0 aliphatic rings. The van der Waals surface area contributed by atoms with Gasteiger partial charge in [0, 0.05) is 11.6 Å². The fraction of sp³-hybridized carbons (Fsp3) is 0.115. The van der Waals surface area contributed by atoms with Crippen LogP contribution in [0.2, 0.25) is 0 Å². The highest BCUT2D eigenvalue weighted by Crippen LogP contribution is 2.28. The van der Waals surface area contributed by atoms with Gasteiger partial charge in [0.05, 0.1) is 17.7 Å². The molecular weight excluding hydrogens is 464 g/mol. The second kappa shape index (κ2) is 11.4. The lowest BCUT2D eigenvalue weighted by atomic mass is 10.1. The second-order valence-corrected chi connectivity index (χ2v) is 7.71. The van der Waals surface area contributed by atoms with Crippen molar-refractivity contribution in [3.63, 3.8) is 0 Å². The quantitative estimate of drug-likeness (QED) is 0.190. The number of hydrogen-bond acceptors (Lipinski definition) is 7. The molecule has 0 aliphatic carbocycles. The Kier molecular flexibility index (Phi) is 8.14. The number of phenols is 1. The van der Waals surface area contributed by atoms with E-state index >= 15 is 0 Å². The largest absolute Gasteiger partial charge is 0.508 e. The molecule has 10 heteroatoms. The Hall–Kier alpha value is -4.99. The second-order valence-electron chi connectivity index (χ2n) is 7.71. The highest BCUT2D eigenvalue weighted by molar-refractivity contribution is 6.06. The van der Waals surface area contributed by atoms with E-state index in [2.05, 4.69) is 15.8 Å². The van der Waals surface area contributed by atoms with E-state index in [1.807, 2.05) is 0 Å². The lowest BCUT2D eigenvalue weighted by molar-refractivity contribution is -0.385. The Labute approximate surface area is 207 Å². The molecule has 3 aromatic rings. The predicted molar refractivity (Wildman–Crippen MR) is 135 cm³/mol. The van der Waals surface area contributed by atoms with Crippen molar-refractivity contribution in [2.75, 3.05) is 7.11 Å². The average Bonchev–Trinajstić information content (AvgIpc) is 2.88. The summed E-state index contributed by atoms with van der Waals surface area (Å²) in [5.74, 6) is -1.10. The Morgan fingerprint density at radius 1 is 1.06 bits per heavy atom. The van der Waals surface area contributed by atoms with E-state index in [0.717, 1.165) is 0 Å². The normalized spacial score (nSPS) is 11.5. The first kappa shape index (κ1) is 25.6. The first-order chi connectivity index (χ1) is 17.2. The third-order valence-corrected chi connectivity index (χ3v) is 5.18. The monoisotopic (exact) mass is 488 g/mol. The number of phenolic OH excluding ortho intramolecular Hbond substituents is 1. The SMILES string of the molecule is COc1ccc(/C=C(\NC(=O)c2ccccc2)C(=O)N/N=C(/C)c2ccc(O)c(C)c2)cc1[N+](=O)[O-]. The molecule has 2 amide bonds. The van der Waals surface area contributed by atoms with Gasteiger partial charge in [0.1, 0.15) is 11.4 Å². The van der Waals surface area contributed by atoms with Gasteiger partial charge in [0.25, 0.3) is 11.8 Å². The van der Waals surface area contributed by atoms with Crippen molar-refractivity contribution < 1.29 is 24.4 Å². The van der Waals surface area contributed by atoms with E-state index in [-0.39, 0.29) is 28.4 Å². The highest BCUT2D eigenvalue weighted by Gasteiger charge is 2.18. The van der Waals surface area contributed by atoms with Crippen LogP contribution in [0.3, 0.4) is 0 Å².